The second kappa shape index (κ2) is 8.94. The second-order valence-corrected chi connectivity index (χ2v) is 7.90. The lowest BCUT2D eigenvalue weighted by atomic mass is 10.2. The molecule has 0 saturated heterocycles. The zero-order valence-electron chi connectivity index (χ0n) is 16.5. The summed E-state index contributed by atoms with van der Waals surface area (Å²) in [7, 11) is 0. The van der Waals surface area contributed by atoms with Crippen molar-refractivity contribution in [2.75, 3.05) is 5.32 Å². The molecule has 1 heterocycles. The number of benzene rings is 3. The van der Waals surface area contributed by atoms with E-state index in [0.717, 1.165) is 10.3 Å². The van der Waals surface area contributed by atoms with Crippen molar-refractivity contribution in [3.8, 4) is 5.75 Å². The van der Waals surface area contributed by atoms with Gasteiger partial charge in [-0.3, -0.25) is 14.9 Å². The number of hydrogen-bond donors (Lipinski definition) is 2. The molecule has 4 rings (SSSR count). The molecule has 0 aliphatic rings. The first-order chi connectivity index (χ1) is 15.4. The summed E-state index contributed by atoms with van der Waals surface area (Å²) < 4.78 is 5.27. The normalized spacial score (nSPS) is 10.8. The molecule has 0 aliphatic heterocycles. The maximum atomic E-state index is 12.4. The minimum Gasteiger partial charge on any atom is -0.508 e. The molecule has 0 fully saturated rings. The van der Waals surface area contributed by atoms with Gasteiger partial charge in [0.2, 0.25) is 0 Å². The number of nitro groups is 1. The summed E-state index contributed by atoms with van der Waals surface area (Å²) in [6, 6.07) is 18.9. The van der Waals surface area contributed by atoms with E-state index in [0.29, 0.717) is 22.6 Å². The van der Waals surface area contributed by atoms with Crippen molar-refractivity contribution in [1.29, 1.82) is 0 Å². The Morgan fingerprint density at radius 2 is 1.84 bits per heavy atom. The Labute approximate surface area is 185 Å². The smallest absolute Gasteiger partial charge is 0.340 e. The van der Waals surface area contributed by atoms with Crippen molar-refractivity contribution in [2.24, 2.45) is 0 Å². The molecule has 9 heteroatoms. The van der Waals surface area contributed by atoms with Crippen LogP contribution in [0.25, 0.3) is 11.0 Å². The van der Waals surface area contributed by atoms with Gasteiger partial charge in [0.15, 0.2) is 0 Å². The van der Waals surface area contributed by atoms with Crippen LogP contribution >= 0.6 is 11.8 Å². The molecule has 2 N–H and O–H groups in total. The molecule has 0 unspecified atom stereocenters. The van der Waals surface area contributed by atoms with Crippen LogP contribution in [0.15, 0.2) is 86.9 Å². The van der Waals surface area contributed by atoms with Gasteiger partial charge in [-0.05, 0) is 48.5 Å². The third-order valence-electron chi connectivity index (χ3n) is 4.62. The third-order valence-corrected chi connectivity index (χ3v) is 5.68. The summed E-state index contributed by atoms with van der Waals surface area (Å²) in [5.74, 6) is -0.0345. The fourth-order valence-electron chi connectivity index (χ4n) is 3.00. The highest BCUT2D eigenvalue weighted by molar-refractivity contribution is 7.98. The summed E-state index contributed by atoms with van der Waals surface area (Å²) in [6.07, 6.45) is 0. The number of amides is 1. The number of non-ortho nitro benzene ring substituents is 1. The van der Waals surface area contributed by atoms with Gasteiger partial charge in [-0.15, -0.1) is 11.8 Å². The van der Waals surface area contributed by atoms with E-state index < -0.39 is 16.5 Å². The Balaban J connectivity index is 1.41. The van der Waals surface area contributed by atoms with Crippen LogP contribution in [-0.4, -0.2) is 15.9 Å². The molecule has 1 amide bonds. The number of thioether (sulfide) groups is 1. The average Bonchev–Trinajstić information content (AvgIpc) is 2.78. The van der Waals surface area contributed by atoms with Crippen molar-refractivity contribution in [2.45, 2.75) is 10.6 Å². The van der Waals surface area contributed by atoms with Crippen molar-refractivity contribution in [3.05, 3.63) is 104 Å². The standard InChI is InChI=1S/C23H16N2O6S/c26-19-7-4-14-10-16(23(28)31-21(14)12-19)13-32-20-8-5-17(6-9-20)24-22(27)15-2-1-3-18(11-15)25(29)30/h1-12,26H,13H2,(H,24,27). The Morgan fingerprint density at radius 3 is 2.59 bits per heavy atom. The predicted molar refractivity (Wildman–Crippen MR) is 121 cm³/mol. The number of hydrogen-bond acceptors (Lipinski definition) is 7. The van der Waals surface area contributed by atoms with Gasteiger partial charge in [-0.25, -0.2) is 4.79 Å². The first-order valence-electron chi connectivity index (χ1n) is 9.43. The van der Waals surface area contributed by atoms with Gasteiger partial charge >= 0.3 is 5.63 Å². The van der Waals surface area contributed by atoms with Crippen LogP contribution < -0.4 is 10.9 Å². The number of nitrogens with zero attached hydrogens (tertiary/aromatic N) is 1. The van der Waals surface area contributed by atoms with Crippen LogP contribution in [0.1, 0.15) is 15.9 Å². The molecule has 0 spiro atoms. The van der Waals surface area contributed by atoms with Gasteiger partial charge in [-0.1, -0.05) is 6.07 Å². The van der Waals surface area contributed by atoms with Crippen molar-refractivity contribution >= 4 is 40.0 Å². The Morgan fingerprint density at radius 1 is 1.06 bits per heavy atom. The Hall–Kier alpha value is -4.11. The molecule has 4 aromatic rings. The molecule has 8 nitrogen and oxygen atoms in total. The van der Waals surface area contributed by atoms with E-state index in [1.807, 2.05) is 0 Å². The van der Waals surface area contributed by atoms with Gasteiger partial charge in [-0.2, -0.15) is 0 Å². The summed E-state index contributed by atoms with van der Waals surface area (Å²) in [4.78, 5) is 35.7. The van der Waals surface area contributed by atoms with Gasteiger partial charge < -0.3 is 14.8 Å². The third kappa shape index (κ3) is 4.79. The van der Waals surface area contributed by atoms with Crippen molar-refractivity contribution < 1.29 is 19.2 Å². The van der Waals surface area contributed by atoms with Crippen LogP contribution in [0.3, 0.4) is 0 Å². The number of carbonyl (C=O) groups is 1. The van der Waals surface area contributed by atoms with Gasteiger partial charge in [0, 0.05) is 51.0 Å². The molecule has 0 bridgehead atoms. The lowest BCUT2D eigenvalue weighted by Gasteiger charge is -2.07. The maximum absolute atomic E-state index is 12.4. The lowest BCUT2D eigenvalue weighted by Crippen LogP contribution is -2.12. The number of phenolic OH excluding ortho intramolecular Hbond substituents is 1. The lowest BCUT2D eigenvalue weighted by molar-refractivity contribution is -0.384. The molecule has 0 aliphatic carbocycles. The molecule has 0 saturated carbocycles. The van der Waals surface area contributed by atoms with E-state index in [1.54, 1.807) is 36.4 Å². The number of anilines is 1. The Kier molecular flexibility index (Phi) is 5.91. The van der Waals surface area contributed by atoms with Gasteiger partial charge in [0.25, 0.3) is 11.6 Å². The number of rotatable bonds is 6. The van der Waals surface area contributed by atoms with E-state index in [2.05, 4.69) is 5.32 Å². The maximum Gasteiger partial charge on any atom is 0.340 e. The summed E-state index contributed by atoms with van der Waals surface area (Å²) in [6.45, 7) is 0. The number of carbonyl (C=O) groups excluding carboxylic acids is 1. The van der Waals surface area contributed by atoms with Crippen LogP contribution in [0.4, 0.5) is 11.4 Å². The highest BCUT2D eigenvalue weighted by Crippen LogP contribution is 2.26. The molecule has 32 heavy (non-hydrogen) atoms. The largest absolute Gasteiger partial charge is 0.508 e. The molecule has 0 atom stereocenters. The first kappa shape index (κ1) is 21.1. The number of nitro benzene ring substituents is 1. The first-order valence-corrected chi connectivity index (χ1v) is 10.4. The molecule has 160 valence electrons. The van der Waals surface area contributed by atoms with Crippen LogP contribution in [0, 0.1) is 10.1 Å². The number of nitrogens with one attached hydrogen (secondary N) is 1. The molecule has 3 aromatic carbocycles. The topological polar surface area (TPSA) is 123 Å². The molecular formula is C23H16N2O6S. The molecular weight excluding hydrogens is 432 g/mol. The minimum absolute atomic E-state index is 0.0282. The number of phenols is 1. The minimum atomic E-state index is -0.553. The van der Waals surface area contributed by atoms with E-state index in [9.17, 15) is 24.8 Å². The highest BCUT2D eigenvalue weighted by atomic mass is 32.2. The molecule has 1 aromatic heterocycles. The van der Waals surface area contributed by atoms with Crippen molar-refractivity contribution in [3.63, 3.8) is 0 Å². The monoisotopic (exact) mass is 448 g/mol. The summed E-state index contributed by atoms with van der Waals surface area (Å²) >= 11 is 1.43. The van der Waals surface area contributed by atoms with Crippen molar-refractivity contribution in [1.82, 2.24) is 0 Å². The fourth-order valence-corrected chi connectivity index (χ4v) is 3.85. The summed E-state index contributed by atoms with van der Waals surface area (Å²) in [5.41, 5.74) is 0.935. The zero-order chi connectivity index (χ0) is 22.7. The fraction of sp³-hybridized carbons (Fsp3) is 0.0435. The highest BCUT2D eigenvalue weighted by Gasteiger charge is 2.12. The summed E-state index contributed by atoms with van der Waals surface area (Å²) in [5, 5.41) is 23.8. The van der Waals surface area contributed by atoms with Gasteiger partial charge in [0.1, 0.15) is 11.3 Å². The van der Waals surface area contributed by atoms with E-state index in [-0.39, 0.29) is 17.0 Å². The second-order valence-electron chi connectivity index (χ2n) is 6.86. The zero-order valence-corrected chi connectivity index (χ0v) is 17.3. The van der Waals surface area contributed by atoms with Gasteiger partial charge in [0.05, 0.1) is 4.92 Å². The average molecular weight is 448 g/mol. The SMILES string of the molecule is O=C(Nc1ccc(SCc2cc3ccc(O)cc3oc2=O)cc1)c1cccc([N+](=O)[O-])c1. The van der Waals surface area contributed by atoms with E-state index in [4.69, 9.17) is 4.42 Å². The van der Waals surface area contributed by atoms with Crippen LogP contribution in [0.2, 0.25) is 0 Å². The number of aromatic hydroxyl groups is 1. The molecule has 0 radical (unpaired) electrons. The van der Waals surface area contributed by atoms with Crippen LogP contribution in [0.5, 0.6) is 5.75 Å². The predicted octanol–water partition coefficient (Wildman–Crippen LogP) is 4.95. The van der Waals surface area contributed by atoms with Crippen LogP contribution in [-0.2, 0) is 5.75 Å². The Bertz CT molecular complexity index is 1380. The van der Waals surface area contributed by atoms with E-state index in [1.165, 1.54) is 48.2 Å². The van der Waals surface area contributed by atoms with E-state index >= 15 is 0 Å². The quantitative estimate of drug-likeness (QED) is 0.185. The number of fused-ring (bicyclic) bond motifs is 1.